The van der Waals surface area contributed by atoms with Gasteiger partial charge in [-0.25, -0.2) is 0 Å². The largest absolute Gasteiger partial charge is 0.379 e. The van der Waals surface area contributed by atoms with E-state index in [0.717, 1.165) is 18.8 Å². The molecule has 1 saturated heterocycles. The van der Waals surface area contributed by atoms with Crippen LogP contribution in [-0.4, -0.2) is 42.9 Å². The summed E-state index contributed by atoms with van der Waals surface area (Å²) >= 11 is 4.29. The molecule has 0 atom stereocenters. The van der Waals surface area contributed by atoms with E-state index in [-0.39, 0.29) is 11.3 Å². The van der Waals surface area contributed by atoms with E-state index < -0.39 is 0 Å². The maximum absolute atomic E-state index is 11.6. The van der Waals surface area contributed by atoms with Crippen LogP contribution in [0.25, 0.3) is 0 Å². The van der Waals surface area contributed by atoms with Crippen LogP contribution in [-0.2, 0) is 9.53 Å². The van der Waals surface area contributed by atoms with Crippen molar-refractivity contribution >= 4 is 18.5 Å². The summed E-state index contributed by atoms with van der Waals surface area (Å²) < 4.78 is 5.26. The summed E-state index contributed by atoms with van der Waals surface area (Å²) in [6, 6.07) is 0. The molecule has 1 rings (SSSR count). The molecule has 0 aromatic rings. The van der Waals surface area contributed by atoms with Crippen LogP contribution < -0.4 is 0 Å². The fourth-order valence-corrected chi connectivity index (χ4v) is 1.55. The molecule has 0 aromatic heterocycles. The molecule has 1 amide bonds. The van der Waals surface area contributed by atoms with Crippen molar-refractivity contribution in [2.75, 3.05) is 32.1 Å². The summed E-state index contributed by atoms with van der Waals surface area (Å²) in [5, 5.41) is 0. The van der Waals surface area contributed by atoms with Crippen LogP contribution in [0.4, 0.5) is 0 Å². The molecule has 1 fully saturated rings. The molecule has 0 bridgehead atoms. The van der Waals surface area contributed by atoms with Gasteiger partial charge >= 0.3 is 0 Å². The lowest BCUT2D eigenvalue weighted by molar-refractivity contribution is -0.131. The number of nitrogens with zero attached hydrogens (tertiary/aromatic N) is 1. The van der Waals surface area contributed by atoms with Crippen molar-refractivity contribution in [3.8, 4) is 0 Å². The first-order chi connectivity index (χ1) is 6.55. The average molecular weight is 217 g/mol. The van der Waals surface area contributed by atoms with Crippen LogP contribution in [0.3, 0.4) is 0 Å². The van der Waals surface area contributed by atoms with E-state index in [4.69, 9.17) is 4.74 Å². The van der Waals surface area contributed by atoms with Crippen LogP contribution in [0.15, 0.2) is 0 Å². The van der Waals surface area contributed by atoms with Gasteiger partial charge in [-0.15, -0.1) is 0 Å². The van der Waals surface area contributed by atoms with Gasteiger partial charge in [-0.05, 0) is 11.2 Å². The summed E-state index contributed by atoms with van der Waals surface area (Å²) in [6.45, 7) is 6.97. The fraction of sp³-hybridized carbons (Fsp3) is 0.900. The second-order valence-electron chi connectivity index (χ2n) is 4.50. The molecule has 1 aliphatic heterocycles. The van der Waals surface area contributed by atoms with Gasteiger partial charge in [0, 0.05) is 13.1 Å². The zero-order valence-corrected chi connectivity index (χ0v) is 9.85. The minimum absolute atomic E-state index is 0.0864. The Labute approximate surface area is 91.2 Å². The highest BCUT2D eigenvalue weighted by Crippen LogP contribution is 2.19. The molecule has 1 heterocycles. The van der Waals surface area contributed by atoms with E-state index in [2.05, 4.69) is 26.5 Å². The predicted octanol–water partition coefficient (Wildman–Crippen LogP) is 1.19. The van der Waals surface area contributed by atoms with Gasteiger partial charge < -0.3 is 9.64 Å². The summed E-state index contributed by atoms with van der Waals surface area (Å²) in [5.41, 5.74) is 0.0864. The van der Waals surface area contributed by atoms with Crippen LogP contribution in [0, 0.1) is 5.41 Å². The quantitative estimate of drug-likeness (QED) is 0.720. The SMILES string of the molecule is CC(C)(CS)CN1CCOCCC1=O. The average Bonchev–Trinajstić information content (AvgIpc) is 2.32. The Bertz CT molecular complexity index is 206. The Hall–Kier alpha value is -0.220. The molecule has 1 aliphatic rings. The van der Waals surface area contributed by atoms with E-state index >= 15 is 0 Å². The van der Waals surface area contributed by atoms with Gasteiger partial charge in [0.2, 0.25) is 5.91 Å². The number of amides is 1. The number of ether oxygens (including phenoxy) is 1. The Morgan fingerprint density at radius 2 is 2.21 bits per heavy atom. The van der Waals surface area contributed by atoms with Crippen molar-refractivity contribution in [3.05, 3.63) is 0 Å². The van der Waals surface area contributed by atoms with E-state index in [9.17, 15) is 4.79 Å². The van der Waals surface area contributed by atoms with Crippen molar-refractivity contribution in [3.63, 3.8) is 0 Å². The van der Waals surface area contributed by atoms with Crippen LogP contribution in [0.5, 0.6) is 0 Å². The number of hydrogen-bond donors (Lipinski definition) is 1. The van der Waals surface area contributed by atoms with Crippen molar-refractivity contribution in [1.82, 2.24) is 4.90 Å². The molecule has 0 saturated carbocycles. The molecule has 0 aliphatic carbocycles. The molecular formula is C10H19NO2S. The van der Waals surface area contributed by atoms with Crippen molar-refractivity contribution < 1.29 is 9.53 Å². The monoisotopic (exact) mass is 217 g/mol. The van der Waals surface area contributed by atoms with E-state index in [0.29, 0.717) is 19.6 Å². The zero-order valence-electron chi connectivity index (χ0n) is 8.95. The Morgan fingerprint density at radius 1 is 1.50 bits per heavy atom. The molecule has 14 heavy (non-hydrogen) atoms. The highest BCUT2D eigenvalue weighted by molar-refractivity contribution is 7.80. The first-order valence-corrected chi connectivity index (χ1v) is 5.65. The molecule has 0 radical (unpaired) electrons. The fourth-order valence-electron chi connectivity index (χ4n) is 1.45. The normalized spacial score (nSPS) is 19.6. The molecule has 0 aromatic carbocycles. The summed E-state index contributed by atoms with van der Waals surface area (Å²) in [5.74, 6) is 0.995. The third kappa shape index (κ3) is 3.50. The maximum atomic E-state index is 11.6. The number of rotatable bonds is 3. The number of hydrogen-bond acceptors (Lipinski definition) is 3. The molecule has 4 heteroatoms. The Kier molecular flexibility index (Phi) is 4.26. The minimum atomic E-state index is 0.0864. The minimum Gasteiger partial charge on any atom is -0.379 e. The molecule has 82 valence electrons. The molecule has 0 unspecified atom stereocenters. The lowest BCUT2D eigenvalue weighted by Gasteiger charge is -2.30. The zero-order chi connectivity index (χ0) is 10.6. The Morgan fingerprint density at radius 3 is 2.86 bits per heavy atom. The summed E-state index contributed by atoms with van der Waals surface area (Å²) in [7, 11) is 0. The molecule has 0 N–H and O–H groups in total. The van der Waals surface area contributed by atoms with Crippen LogP contribution in [0.1, 0.15) is 20.3 Å². The second kappa shape index (κ2) is 5.03. The lowest BCUT2D eigenvalue weighted by atomic mass is 9.95. The number of thiol groups is 1. The number of carbonyl (C=O) groups is 1. The predicted molar refractivity (Wildman–Crippen MR) is 59.7 cm³/mol. The number of carbonyl (C=O) groups excluding carboxylic acids is 1. The van der Waals surface area contributed by atoms with Crippen molar-refractivity contribution in [2.45, 2.75) is 20.3 Å². The van der Waals surface area contributed by atoms with Gasteiger partial charge in [-0.1, -0.05) is 13.8 Å². The topological polar surface area (TPSA) is 29.5 Å². The molecular weight excluding hydrogens is 198 g/mol. The first-order valence-electron chi connectivity index (χ1n) is 5.01. The lowest BCUT2D eigenvalue weighted by Crippen LogP contribution is -2.40. The van der Waals surface area contributed by atoms with Crippen LogP contribution in [0.2, 0.25) is 0 Å². The Balaban J connectivity index is 2.52. The van der Waals surface area contributed by atoms with E-state index in [1.807, 2.05) is 4.90 Å². The smallest absolute Gasteiger partial charge is 0.224 e. The summed E-state index contributed by atoms with van der Waals surface area (Å²) in [4.78, 5) is 13.5. The highest BCUT2D eigenvalue weighted by Gasteiger charge is 2.24. The highest BCUT2D eigenvalue weighted by atomic mass is 32.1. The molecule has 0 spiro atoms. The standard InChI is InChI=1S/C10H19NO2S/c1-10(2,8-14)7-11-4-6-13-5-3-9(11)12/h14H,3-8H2,1-2H3. The molecule has 3 nitrogen and oxygen atoms in total. The van der Waals surface area contributed by atoms with Crippen LogP contribution >= 0.6 is 12.6 Å². The maximum Gasteiger partial charge on any atom is 0.224 e. The van der Waals surface area contributed by atoms with Gasteiger partial charge in [0.1, 0.15) is 0 Å². The summed E-state index contributed by atoms with van der Waals surface area (Å²) in [6.07, 6.45) is 0.517. The van der Waals surface area contributed by atoms with Crippen molar-refractivity contribution in [2.24, 2.45) is 5.41 Å². The van der Waals surface area contributed by atoms with Gasteiger partial charge in [0.15, 0.2) is 0 Å². The van der Waals surface area contributed by atoms with Crippen molar-refractivity contribution in [1.29, 1.82) is 0 Å². The second-order valence-corrected chi connectivity index (χ2v) is 4.82. The van der Waals surface area contributed by atoms with Gasteiger partial charge in [-0.2, -0.15) is 12.6 Å². The van der Waals surface area contributed by atoms with Gasteiger partial charge in [-0.3, -0.25) is 4.79 Å². The third-order valence-corrected chi connectivity index (χ3v) is 3.22. The third-order valence-electron chi connectivity index (χ3n) is 2.37. The first kappa shape index (κ1) is 11.9. The van der Waals surface area contributed by atoms with E-state index in [1.165, 1.54) is 0 Å². The van der Waals surface area contributed by atoms with E-state index in [1.54, 1.807) is 0 Å². The van der Waals surface area contributed by atoms with Gasteiger partial charge in [0.05, 0.1) is 19.6 Å². The van der Waals surface area contributed by atoms with Gasteiger partial charge in [0.25, 0.3) is 0 Å².